The van der Waals surface area contributed by atoms with Gasteiger partial charge in [-0.05, 0) is 31.0 Å². The quantitative estimate of drug-likeness (QED) is 0.880. The molecule has 1 saturated heterocycles. The Kier molecular flexibility index (Phi) is 4.38. The summed E-state index contributed by atoms with van der Waals surface area (Å²) in [4.78, 5) is 2.23. The van der Waals surface area contributed by atoms with Gasteiger partial charge in [-0.15, -0.1) is 0 Å². The van der Waals surface area contributed by atoms with E-state index >= 15 is 0 Å². The lowest BCUT2D eigenvalue weighted by Gasteiger charge is -2.35. The van der Waals surface area contributed by atoms with Crippen molar-refractivity contribution in [2.75, 3.05) is 13.1 Å². The molecule has 1 aromatic carbocycles. The second kappa shape index (κ2) is 5.66. The number of nitrogens with zero attached hydrogens (tertiary/aromatic N) is 1. The highest BCUT2D eigenvalue weighted by molar-refractivity contribution is 6.35. The van der Waals surface area contributed by atoms with E-state index < -0.39 is 0 Å². The standard InChI is InChI=1S/C13H18Cl2N2O/c1-8-2-3-17(7-12(8)16)6-9-4-10(14)5-11(15)13(9)18/h4-5,8,12,18H,2-3,6-7,16H2,1H3. The van der Waals surface area contributed by atoms with Gasteiger partial charge < -0.3 is 10.8 Å². The molecule has 1 fully saturated rings. The summed E-state index contributed by atoms with van der Waals surface area (Å²) in [5, 5.41) is 10.8. The third-order valence-electron chi connectivity index (χ3n) is 3.60. The Hall–Kier alpha value is -0.480. The van der Waals surface area contributed by atoms with Crippen molar-refractivity contribution in [3.05, 3.63) is 27.7 Å². The topological polar surface area (TPSA) is 49.5 Å². The van der Waals surface area contributed by atoms with Crippen molar-refractivity contribution < 1.29 is 5.11 Å². The molecule has 0 amide bonds. The predicted octanol–water partition coefficient (Wildman–Crippen LogP) is 2.87. The first-order chi connectivity index (χ1) is 8.47. The normalized spacial score (nSPS) is 25.3. The van der Waals surface area contributed by atoms with Gasteiger partial charge in [0.05, 0.1) is 5.02 Å². The zero-order valence-electron chi connectivity index (χ0n) is 10.4. The van der Waals surface area contributed by atoms with Crippen LogP contribution in [-0.4, -0.2) is 29.1 Å². The summed E-state index contributed by atoms with van der Waals surface area (Å²) in [6, 6.07) is 3.49. The van der Waals surface area contributed by atoms with Crippen LogP contribution >= 0.6 is 23.2 Å². The minimum atomic E-state index is 0.119. The maximum atomic E-state index is 9.92. The summed E-state index contributed by atoms with van der Waals surface area (Å²) in [6.45, 7) is 4.63. The number of likely N-dealkylation sites (tertiary alicyclic amines) is 1. The lowest BCUT2D eigenvalue weighted by atomic mass is 9.94. The summed E-state index contributed by atoms with van der Waals surface area (Å²) < 4.78 is 0. The molecule has 18 heavy (non-hydrogen) atoms. The molecule has 2 rings (SSSR count). The molecule has 1 heterocycles. The van der Waals surface area contributed by atoms with Gasteiger partial charge in [-0.25, -0.2) is 0 Å². The highest BCUT2D eigenvalue weighted by atomic mass is 35.5. The van der Waals surface area contributed by atoms with Crippen LogP contribution in [0.25, 0.3) is 0 Å². The van der Waals surface area contributed by atoms with Crippen LogP contribution < -0.4 is 5.73 Å². The summed E-state index contributed by atoms with van der Waals surface area (Å²) in [6.07, 6.45) is 1.08. The Morgan fingerprint density at radius 3 is 2.83 bits per heavy atom. The number of hydrogen-bond donors (Lipinski definition) is 2. The van der Waals surface area contributed by atoms with Gasteiger partial charge in [0.1, 0.15) is 5.75 Å². The number of piperidine rings is 1. The van der Waals surface area contributed by atoms with Crippen LogP contribution in [0.15, 0.2) is 12.1 Å². The number of halogens is 2. The fraction of sp³-hybridized carbons (Fsp3) is 0.538. The maximum Gasteiger partial charge on any atom is 0.138 e. The fourth-order valence-corrected chi connectivity index (χ4v) is 2.83. The molecule has 0 spiro atoms. The van der Waals surface area contributed by atoms with E-state index in [2.05, 4.69) is 11.8 Å². The van der Waals surface area contributed by atoms with E-state index in [4.69, 9.17) is 28.9 Å². The average Bonchev–Trinajstić information content (AvgIpc) is 2.30. The third-order valence-corrected chi connectivity index (χ3v) is 4.11. The average molecular weight is 289 g/mol. The second-order valence-electron chi connectivity index (χ2n) is 5.06. The lowest BCUT2D eigenvalue weighted by molar-refractivity contribution is 0.161. The molecule has 0 aromatic heterocycles. The molecule has 0 radical (unpaired) electrons. The predicted molar refractivity (Wildman–Crippen MR) is 75.2 cm³/mol. The number of phenolic OH excluding ortho intramolecular Hbond substituents is 1. The van der Waals surface area contributed by atoms with Gasteiger partial charge in [0.2, 0.25) is 0 Å². The minimum Gasteiger partial charge on any atom is -0.506 e. The molecular formula is C13H18Cl2N2O. The highest BCUT2D eigenvalue weighted by Gasteiger charge is 2.23. The van der Waals surface area contributed by atoms with Gasteiger partial charge in [-0.2, -0.15) is 0 Å². The van der Waals surface area contributed by atoms with Crippen LogP contribution in [-0.2, 0) is 6.54 Å². The number of benzene rings is 1. The van der Waals surface area contributed by atoms with Crippen molar-refractivity contribution >= 4 is 23.2 Å². The van der Waals surface area contributed by atoms with Gasteiger partial charge in [0.25, 0.3) is 0 Å². The first-order valence-electron chi connectivity index (χ1n) is 6.12. The molecule has 2 atom stereocenters. The van der Waals surface area contributed by atoms with Crippen LogP contribution in [0, 0.1) is 5.92 Å². The van der Waals surface area contributed by atoms with Crippen molar-refractivity contribution in [3.8, 4) is 5.75 Å². The summed E-state index contributed by atoms with van der Waals surface area (Å²) in [5.74, 6) is 0.672. The van der Waals surface area contributed by atoms with E-state index in [1.165, 1.54) is 0 Å². The molecule has 1 aliphatic heterocycles. The van der Waals surface area contributed by atoms with Crippen molar-refractivity contribution in [1.29, 1.82) is 0 Å². The van der Waals surface area contributed by atoms with Crippen LogP contribution in [0.1, 0.15) is 18.9 Å². The molecule has 5 heteroatoms. The van der Waals surface area contributed by atoms with Crippen molar-refractivity contribution in [3.63, 3.8) is 0 Å². The molecule has 2 unspecified atom stereocenters. The molecule has 100 valence electrons. The Labute approximate surface area is 117 Å². The number of phenols is 1. The molecule has 3 nitrogen and oxygen atoms in total. The molecule has 0 aliphatic carbocycles. The Balaban J connectivity index is 2.10. The first-order valence-corrected chi connectivity index (χ1v) is 6.87. The Morgan fingerprint density at radius 2 is 2.17 bits per heavy atom. The molecular weight excluding hydrogens is 271 g/mol. The SMILES string of the molecule is CC1CCN(Cc2cc(Cl)cc(Cl)c2O)CC1N. The van der Waals surface area contributed by atoms with Gasteiger partial charge in [0, 0.05) is 29.7 Å². The van der Waals surface area contributed by atoms with Crippen molar-refractivity contribution in [2.45, 2.75) is 25.9 Å². The maximum absolute atomic E-state index is 9.92. The van der Waals surface area contributed by atoms with Gasteiger partial charge in [-0.3, -0.25) is 4.90 Å². The Bertz CT molecular complexity index is 439. The minimum absolute atomic E-state index is 0.119. The smallest absolute Gasteiger partial charge is 0.138 e. The first kappa shape index (κ1) is 13.9. The zero-order chi connectivity index (χ0) is 13.3. The molecule has 0 bridgehead atoms. The monoisotopic (exact) mass is 288 g/mol. The van der Waals surface area contributed by atoms with Crippen LogP contribution in [0.5, 0.6) is 5.75 Å². The summed E-state index contributed by atoms with van der Waals surface area (Å²) in [7, 11) is 0. The largest absolute Gasteiger partial charge is 0.506 e. The molecule has 1 aliphatic rings. The van der Waals surface area contributed by atoms with Crippen molar-refractivity contribution in [2.24, 2.45) is 11.7 Å². The van der Waals surface area contributed by atoms with E-state index in [1.807, 2.05) is 0 Å². The van der Waals surface area contributed by atoms with Crippen LogP contribution in [0.3, 0.4) is 0 Å². The van der Waals surface area contributed by atoms with E-state index in [0.29, 0.717) is 22.5 Å². The van der Waals surface area contributed by atoms with Gasteiger partial charge in [-0.1, -0.05) is 30.1 Å². The van der Waals surface area contributed by atoms with E-state index in [1.54, 1.807) is 12.1 Å². The van der Waals surface area contributed by atoms with E-state index in [-0.39, 0.29) is 11.8 Å². The zero-order valence-corrected chi connectivity index (χ0v) is 11.9. The van der Waals surface area contributed by atoms with Crippen LogP contribution in [0.4, 0.5) is 0 Å². The highest BCUT2D eigenvalue weighted by Crippen LogP contribution is 2.32. The molecule has 0 saturated carbocycles. The third kappa shape index (κ3) is 3.09. The summed E-state index contributed by atoms with van der Waals surface area (Å²) in [5.41, 5.74) is 6.82. The van der Waals surface area contributed by atoms with Gasteiger partial charge >= 0.3 is 0 Å². The summed E-state index contributed by atoms with van der Waals surface area (Å²) >= 11 is 11.9. The van der Waals surface area contributed by atoms with Crippen molar-refractivity contribution in [1.82, 2.24) is 4.90 Å². The van der Waals surface area contributed by atoms with Crippen LogP contribution in [0.2, 0.25) is 10.0 Å². The molecule has 1 aromatic rings. The number of nitrogens with two attached hydrogens (primary N) is 1. The number of hydrogen-bond acceptors (Lipinski definition) is 3. The van der Waals surface area contributed by atoms with E-state index in [9.17, 15) is 5.11 Å². The number of rotatable bonds is 2. The Morgan fingerprint density at radius 1 is 1.44 bits per heavy atom. The molecule has 3 N–H and O–H groups in total. The van der Waals surface area contributed by atoms with E-state index in [0.717, 1.165) is 25.1 Å². The fourth-order valence-electron chi connectivity index (χ4n) is 2.29. The van der Waals surface area contributed by atoms with Gasteiger partial charge in [0.15, 0.2) is 0 Å². The lowest BCUT2D eigenvalue weighted by Crippen LogP contribution is -2.47. The second-order valence-corrected chi connectivity index (χ2v) is 5.90. The number of aromatic hydroxyl groups is 1.